The van der Waals surface area contributed by atoms with Crippen molar-refractivity contribution in [2.45, 2.75) is 71.3 Å². The minimum atomic E-state index is -0.156. The maximum absolute atomic E-state index is 10.1. The van der Waals surface area contributed by atoms with Gasteiger partial charge in [-0.3, -0.25) is 4.90 Å². The molecule has 0 bridgehead atoms. The molecule has 1 heterocycles. The van der Waals surface area contributed by atoms with Gasteiger partial charge in [0.05, 0.1) is 12.7 Å². The molecule has 2 N–H and O–H groups in total. The Labute approximate surface area is 164 Å². The van der Waals surface area contributed by atoms with Gasteiger partial charge < -0.3 is 14.6 Å². The van der Waals surface area contributed by atoms with Gasteiger partial charge in [-0.15, -0.1) is 4.99 Å². The lowest BCUT2D eigenvalue weighted by Crippen LogP contribution is -2.67. The molecule has 1 aliphatic heterocycles. The Morgan fingerprint density at radius 3 is 2.70 bits per heavy atom. The van der Waals surface area contributed by atoms with Crippen LogP contribution in [0.5, 0.6) is 5.75 Å². The predicted octanol–water partition coefficient (Wildman–Crippen LogP) is 3.55. The number of benzene rings is 1. The van der Waals surface area contributed by atoms with Crippen LogP contribution >= 0.6 is 0 Å². The van der Waals surface area contributed by atoms with Crippen LogP contribution in [0.4, 0.5) is 5.69 Å². The van der Waals surface area contributed by atoms with Crippen LogP contribution in [0.2, 0.25) is 0 Å². The van der Waals surface area contributed by atoms with Gasteiger partial charge in [0.1, 0.15) is 11.9 Å². The number of aliphatic hydroxyl groups excluding tert-OH is 1. The fraction of sp³-hybridized carbons (Fsp3) is 0.682. The quantitative estimate of drug-likeness (QED) is 0.352. The summed E-state index contributed by atoms with van der Waals surface area (Å²) in [6, 6.07) is 7.64. The van der Waals surface area contributed by atoms with E-state index >= 15 is 0 Å². The SMILES string of the molecule is CCCCCCCOc1cccc([NH+]=C(O)O[C@@H](C)CN2CCCCC2)c1. The summed E-state index contributed by atoms with van der Waals surface area (Å²) in [6.07, 6.45) is 9.74. The number of likely N-dealkylation sites (tertiary alicyclic amines) is 1. The molecule has 0 saturated carbocycles. The highest BCUT2D eigenvalue weighted by atomic mass is 16.6. The normalized spacial score (nSPS) is 16.9. The number of rotatable bonds is 11. The Kier molecular flexibility index (Phi) is 10.1. The molecule has 0 amide bonds. The summed E-state index contributed by atoms with van der Waals surface area (Å²) >= 11 is 0. The van der Waals surface area contributed by atoms with E-state index in [9.17, 15) is 5.11 Å². The third-order valence-electron chi connectivity index (χ3n) is 4.88. The summed E-state index contributed by atoms with van der Waals surface area (Å²) in [7, 11) is 0. The van der Waals surface area contributed by atoms with E-state index in [-0.39, 0.29) is 12.2 Å². The number of piperidine rings is 1. The van der Waals surface area contributed by atoms with Crippen molar-refractivity contribution in [1.82, 2.24) is 4.90 Å². The van der Waals surface area contributed by atoms with Crippen molar-refractivity contribution in [2.75, 3.05) is 26.2 Å². The smallest absolute Gasteiger partial charge is 0.493 e. The van der Waals surface area contributed by atoms with Gasteiger partial charge in [-0.25, -0.2) is 0 Å². The van der Waals surface area contributed by atoms with Crippen LogP contribution in [0.15, 0.2) is 24.3 Å². The summed E-state index contributed by atoms with van der Waals surface area (Å²) in [4.78, 5) is 5.32. The number of unbranched alkanes of at least 4 members (excludes halogenated alkanes) is 4. The van der Waals surface area contributed by atoms with Gasteiger partial charge >= 0.3 is 6.08 Å². The fourth-order valence-electron chi connectivity index (χ4n) is 3.45. The molecule has 0 radical (unpaired) electrons. The molecule has 0 spiro atoms. The lowest BCUT2D eigenvalue weighted by atomic mass is 10.1. The summed E-state index contributed by atoms with van der Waals surface area (Å²) in [6.45, 7) is 8.03. The lowest BCUT2D eigenvalue weighted by Gasteiger charge is -2.28. The van der Waals surface area contributed by atoms with E-state index in [4.69, 9.17) is 9.47 Å². The van der Waals surface area contributed by atoms with E-state index in [1.54, 1.807) is 0 Å². The summed E-state index contributed by atoms with van der Waals surface area (Å²) < 4.78 is 11.4. The number of hydrogen-bond acceptors (Lipinski definition) is 3. The van der Waals surface area contributed by atoms with Crippen LogP contribution in [-0.2, 0) is 4.74 Å². The topological polar surface area (TPSA) is 55.9 Å². The second kappa shape index (κ2) is 12.6. The van der Waals surface area contributed by atoms with Crippen LogP contribution < -0.4 is 9.73 Å². The molecule has 0 aliphatic carbocycles. The van der Waals surface area contributed by atoms with Crippen LogP contribution in [0.1, 0.15) is 65.2 Å². The first-order valence-electron chi connectivity index (χ1n) is 10.6. The van der Waals surface area contributed by atoms with Crippen molar-refractivity contribution in [3.05, 3.63) is 24.3 Å². The average molecular weight is 378 g/mol. The number of aliphatic hydroxyl groups is 1. The van der Waals surface area contributed by atoms with Crippen molar-refractivity contribution < 1.29 is 19.6 Å². The van der Waals surface area contributed by atoms with E-state index in [2.05, 4.69) is 16.8 Å². The second-order valence-electron chi connectivity index (χ2n) is 7.51. The largest absolute Gasteiger partial charge is 0.551 e. The Morgan fingerprint density at radius 2 is 1.93 bits per heavy atom. The average Bonchev–Trinajstić information content (AvgIpc) is 2.65. The summed E-state index contributed by atoms with van der Waals surface area (Å²) in [5.41, 5.74) is 0.765. The maximum Gasteiger partial charge on any atom is 0.551 e. The molecule has 2 rings (SSSR count). The molecule has 5 heteroatoms. The Morgan fingerprint density at radius 1 is 1.15 bits per heavy atom. The molecule has 27 heavy (non-hydrogen) atoms. The van der Waals surface area contributed by atoms with Crippen LogP contribution in [0, 0.1) is 0 Å². The van der Waals surface area contributed by atoms with Gasteiger partial charge in [-0.2, -0.15) is 0 Å². The fourth-order valence-corrected chi connectivity index (χ4v) is 3.45. The predicted molar refractivity (Wildman–Crippen MR) is 110 cm³/mol. The van der Waals surface area contributed by atoms with E-state index in [0.717, 1.165) is 44.1 Å². The molecule has 1 atom stereocenters. The van der Waals surface area contributed by atoms with Gasteiger partial charge in [0.25, 0.3) is 0 Å². The first-order chi connectivity index (χ1) is 13.2. The highest BCUT2D eigenvalue weighted by Crippen LogP contribution is 2.14. The molecule has 0 unspecified atom stereocenters. The van der Waals surface area contributed by atoms with E-state index in [0.29, 0.717) is 0 Å². The zero-order chi connectivity index (χ0) is 19.3. The zero-order valence-electron chi connectivity index (χ0n) is 17.1. The van der Waals surface area contributed by atoms with Gasteiger partial charge in [0, 0.05) is 12.6 Å². The van der Waals surface area contributed by atoms with E-state index < -0.39 is 0 Å². The summed E-state index contributed by atoms with van der Waals surface area (Å²) in [5, 5.41) is 10.1. The van der Waals surface area contributed by atoms with Crippen LogP contribution in [0.25, 0.3) is 0 Å². The van der Waals surface area contributed by atoms with Gasteiger partial charge in [0.2, 0.25) is 5.69 Å². The number of nitrogens with one attached hydrogen (secondary N) is 1. The highest BCUT2D eigenvalue weighted by Gasteiger charge is 2.17. The highest BCUT2D eigenvalue weighted by molar-refractivity contribution is 5.59. The number of ether oxygens (including phenoxy) is 2. The van der Waals surface area contributed by atoms with Crippen LogP contribution in [0.3, 0.4) is 0 Å². The Hall–Kier alpha value is -1.75. The Balaban J connectivity index is 1.75. The first-order valence-corrected chi connectivity index (χ1v) is 10.6. The maximum atomic E-state index is 10.1. The molecule has 0 aromatic heterocycles. The minimum Gasteiger partial charge on any atom is -0.493 e. The molecule has 1 aliphatic rings. The minimum absolute atomic E-state index is 0.0573. The standard InChI is InChI=1S/C22H36N2O3/c1-3-4-5-6-10-16-26-21-13-11-12-20(17-21)23-22(25)27-19(2)18-24-14-8-7-9-15-24/h11-13,17,19H,3-10,14-16,18H2,1-2H3,(H,23,25)/p+1/t19-/m0/s1. The summed E-state index contributed by atoms with van der Waals surface area (Å²) in [5.74, 6) is 0.810. The number of nitrogens with zero attached hydrogens (tertiary/aromatic N) is 1. The third kappa shape index (κ3) is 9.14. The van der Waals surface area contributed by atoms with Crippen molar-refractivity contribution in [1.29, 1.82) is 0 Å². The number of hydrogen-bond donors (Lipinski definition) is 2. The molecule has 1 aromatic rings. The lowest BCUT2D eigenvalue weighted by molar-refractivity contribution is -0.383. The second-order valence-corrected chi connectivity index (χ2v) is 7.51. The molecule has 5 nitrogen and oxygen atoms in total. The van der Waals surface area contributed by atoms with Gasteiger partial charge in [-0.05, 0) is 45.3 Å². The van der Waals surface area contributed by atoms with Gasteiger partial charge in [-0.1, -0.05) is 45.1 Å². The van der Waals surface area contributed by atoms with Crippen molar-refractivity contribution in [2.24, 2.45) is 0 Å². The van der Waals surface area contributed by atoms with Gasteiger partial charge in [0.15, 0.2) is 0 Å². The third-order valence-corrected chi connectivity index (χ3v) is 4.88. The van der Waals surface area contributed by atoms with Crippen molar-refractivity contribution in [3.8, 4) is 5.75 Å². The van der Waals surface area contributed by atoms with Crippen LogP contribution in [-0.4, -0.2) is 48.4 Å². The molecule has 152 valence electrons. The molecular formula is C22H37N2O3+. The van der Waals surface area contributed by atoms with E-state index in [1.807, 2.05) is 31.2 Å². The molecule has 1 aromatic carbocycles. The van der Waals surface area contributed by atoms with Crippen molar-refractivity contribution >= 4 is 11.8 Å². The Bertz CT molecular complexity index is 556. The molecule has 1 saturated heterocycles. The zero-order valence-corrected chi connectivity index (χ0v) is 17.1. The monoisotopic (exact) mass is 377 g/mol. The molecular weight excluding hydrogens is 340 g/mol. The molecule has 1 fully saturated rings. The first kappa shape index (κ1) is 21.5. The van der Waals surface area contributed by atoms with Crippen molar-refractivity contribution in [3.63, 3.8) is 0 Å². The van der Waals surface area contributed by atoms with E-state index in [1.165, 1.54) is 44.9 Å².